The van der Waals surface area contributed by atoms with Gasteiger partial charge < -0.3 is 19.4 Å². The maximum Gasteiger partial charge on any atom is 0.124 e. The van der Waals surface area contributed by atoms with E-state index < -0.39 is 0 Å². The fraction of sp³-hybridized carbons (Fsp3) is 0.438. The first-order valence-corrected chi connectivity index (χ1v) is 7.18. The third-order valence-electron chi connectivity index (χ3n) is 3.20. The van der Waals surface area contributed by atoms with Crippen LogP contribution in [0.15, 0.2) is 36.8 Å². The van der Waals surface area contributed by atoms with Gasteiger partial charge in [0.05, 0.1) is 24.7 Å². The number of hydrogen-bond acceptors (Lipinski definition) is 4. The Morgan fingerprint density at radius 2 is 2.10 bits per heavy atom. The molecule has 0 aliphatic heterocycles. The number of nitrogens with one attached hydrogen (secondary N) is 1. The monoisotopic (exact) mass is 289 g/mol. The molecule has 2 rings (SSSR count). The van der Waals surface area contributed by atoms with E-state index in [-0.39, 0.29) is 6.04 Å². The Morgan fingerprint density at radius 3 is 2.76 bits per heavy atom. The average Bonchev–Trinajstić information content (AvgIpc) is 2.92. The summed E-state index contributed by atoms with van der Waals surface area (Å²) in [5, 5.41) is 3.47. The normalized spacial score (nSPS) is 12.3. The molecule has 1 aromatic heterocycles. The third-order valence-corrected chi connectivity index (χ3v) is 3.20. The first-order chi connectivity index (χ1) is 10.3. The highest BCUT2D eigenvalue weighted by atomic mass is 16.5. The van der Waals surface area contributed by atoms with Crippen molar-refractivity contribution in [3.8, 4) is 5.75 Å². The largest absolute Gasteiger partial charge is 0.491 e. The molecule has 0 radical (unpaired) electrons. The second-order valence-corrected chi connectivity index (χ2v) is 4.83. The maximum absolute atomic E-state index is 5.83. The standard InChI is InChI=1S/C16H23N3O2/c1-4-17-16(14-11-19(2)12-18-14)13-7-5-6-8-15(13)21-10-9-20-3/h5-8,11-12,16-17H,4,9-10H2,1-3H3. The Kier molecular flexibility index (Phi) is 5.78. The predicted molar refractivity (Wildman–Crippen MR) is 82.5 cm³/mol. The fourth-order valence-electron chi connectivity index (χ4n) is 2.25. The Labute approximate surface area is 125 Å². The molecule has 0 saturated carbocycles. The lowest BCUT2D eigenvalue weighted by Gasteiger charge is -2.20. The van der Waals surface area contributed by atoms with Crippen LogP contribution in [0.2, 0.25) is 0 Å². The number of benzene rings is 1. The topological polar surface area (TPSA) is 48.3 Å². The fourth-order valence-corrected chi connectivity index (χ4v) is 2.25. The number of imidazole rings is 1. The van der Waals surface area contributed by atoms with E-state index in [2.05, 4.69) is 23.3 Å². The van der Waals surface area contributed by atoms with Gasteiger partial charge in [-0.05, 0) is 12.6 Å². The second-order valence-electron chi connectivity index (χ2n) is 4.83. The van der Waals surface area contributed by atoms with Crippen molar-refractivity contribution in [2.75, 3.05) is 26.9 Å². The number of para-hydroxylation sites is 1. The lowest BCUT2D eigenvalue weighted by molar-refractivity contribution is 0.145. The summed E-state index contributed by atoms with van der Waals surface area (Å²) in [5.41, 5.74) is 2.08. The van der Waals surface area contributed by atoms with Crippen LogP contribution in [0.25, 0.3) is 0 Å². The molecule has 0 bridgehead atoms. The molecular weight excluding hydrogens is 266 g/mol. The highest BCUT2D eigenvalue weighted by Crippen LogP contribution is 2.29. The minimum Gasteiger partial charge on any atom is -0.491 e. The summed E-state index contributed by atoms with van der Waals surface area (Å²) in [5.74, 6) is 0.867. The van der Waals surface area contributed by atoms with Gasteiger partial charge in [-0.3, -0.25) is 0 Å². The van der Waals surface area contributed by atoms with Crippen LogP contribution in [0, 0.1) is 0 Å². The SMILES string of the molecule is CCNC(c1cn(C)cn1)c1ccccc1OCCOC. The van der Waals surface area contributed by atoms with Gasteiger partial charge in [0.2, 0.25) is 0 Å². The van der Waals surface area contributed by atoms with E-state index in [1.165, 1.54) is 0 Å². The quantitative estimate of drug-likeness (QED) is 0.756. The minimum absolute atomic E-state index is 0.0231. The molecule has 0 fully saturated rings. The van der Waals surface area contributed by atoms with Gasteiger partial charge in [0.1, 0.15) is 12.4 Å². The highest BCUT2D eigenvalue weighted by molar-refractivity contribution is 5.39. The molecule has 114 valence electrons. The van der Waals surface area contributed by atoms with Crippen LogP contribution in [-0.2, 0) is 11.8 Å². The van der Waals surface area contributed by atoms with Crippen LogP contribution in [0.5, 0.6) is 5.75 Å². The minimum atomic E-state index is 0.0231. The van der Waals surface area contributed by atoms with Gasteiger partial charge in [0, 0.05) is 25.9 Å². The van der Waals surface area contributed by atoms with E-state index >= 15 is 0 Å². The van der Waals surface area contributed by atoms with Crippen molar-refractivity contribution in [1.82, 2.24) is 14.9 Å². The zero-order valence-corrected chi connectivity index (χ0v) is 12.9. The number of rotatable bonds is 8. The summed E-state index contributed by atoms with van der Waals surface area (Å²) in [7, 11) is 3.64. The van der Waals surface area contributed by atoms with E-state index in [0.29, 0.717) is 13.2 Å². The molecule has 1 unspecified atom stereocenters. The Hall–Kier alpha value is -1.85. The average molecular weight is 289 g/mol. The van der Waals surface area contributed by atoms with Crippen molar-refractivity contribution in [2.45, 2.75) is 13.0 Å². The summed E-state index contributed by atoms with van der Waals surface area (Å²) < 4.78 is 12.8. The molecule has 2 aromatic rings. The number of hydrogen-bond donors (Lipinski definition) is 1. The third kappa shape index (κ3) is 4.06. The van der Waals surface area contributed by atoms with Crippen LogP contribution < -0.4 is 10.1 Å². The molecule has 1 atom stereocenters. The van der Waals surface area contributed by atoms with E-state index in [1.807, 2.05) is 42.3 Å². The van der Waals surface area contributed by atoms with Crippen molar-refractivity contribution in [3.05, 3.63) is 48.0 Å². The molecule has 0 aliphatic rings. The van der Waals surface area contributed by atoms with Crippen LogP contribution in [0.1, 0.15) is 24.2 Å². The maximum atomic E-state index is 5.83. The van der Waals surface area contributed by atoms with E-state index in [1.54, 1.807) is 7.11 Å². The summed E-state index contributed by atoms with van der Waals surface area (Å²) in [6.07, 6.45) is 3.84. The molecule has 5 heteroatoms. The van der Waals surface area contributed by atoms with Crippen LogP contribution >= 0.6 is 0 Å². The van der Waals surface area contributed by atoms with Gasteiger partial charge in [-0.15, -0.1) is 0 Å². The number of methoxy groups -OCH3 is 1. The lowest BCUT2D eigenvalue weighted by Crippen LogP contribution is -2.23. The Bertz CT molecular complexity index is 554. The molecule has 1 heterocycles. The number of nitrogens with zero attached hydrogens (tertiary/aromatic N) is 2. The summed E-state index contributed by atoms with van der Waals surface area (Å²) in [4.78, 5) is 4.47. The summed E-state index contributed by atoms with van der Waals surface area (Å²) in [6, 6.07) is 8.08. The first-order valence-electron chi connectivity index (χ1n) is 7.18. The zero-order valence-electron chi connectivity index (χ0n) is 12.9. The van der Waals surface area contributed by atoms with Crippen LogP contribution in [0.3, 0.4) is 0 Å². The van der Waals surface area contributed by atoms with Gasteiger partial charge in [-0.2, -0.15) is 0 Å². The molecule has 0 saturated heterocycles. The van der Waals surface area contributed by atoms with E-state index in [0.717, 1.165) is 23.6 Å². The first kappa shape index (κ1) is 15.5. The van der Waals surface area contributed by atoms with Crippen molar-refractivity contribution in [1.29, 1.82) is 0 Å². The van der Waals surface area contributed by atoms with Gasteiger partial charge in [0.25, 0.3) is 0 Å². The predicted octanol–water partition coefficient (Wildman–Crippen LogP) is 2.14. The van der Waals surface area contributed by atoms with Gasteiger partial charge in [-0.1, -0.05) is 25.1 Å². The lowest BCUT2D eigenvalue weighted by atomic mass is 10.0. The van der Waals surface area contributed by atoms with Crippen LogP contribution in [0.4, 0.5) is 0 Å². The van der Waals surface area contributed by atoms with Crippen molar-refractivity contribution in [2.24, 2.45) is 7.05 Å². The van der Waals surface area contributed by atoms with Crippen molar-refractivity contribution < 1.29 is 9.47 Å². The molecule has 5 nitrogen and oxygen atoms in total. The van der Waals surface area contributed by atoms with E-state index in [4.69, 9.17) is 9.47 Å². The smallest absolute Gasteiger partial charge is 0.124 e. The number of aryl methyl sites for hydroxylation is 1. The molecule has 21 heavy (non-hydrogen) atoms. The summed E-state index contributed by atoms with van der Waals surface area (Å²) in [6.45, 7) is 4.05. The highest BCUT2D eigenvalue weighted by Gasteiger charge is 2.19. The molecule has 1 N–H and O–H groups in total. The van der Waals surface area contributed by atoms with Crippen molar-refractivity contribution >= 4 is 0 Å². The van der Waals surface area contributed by atoms with Crippen molar-refractivity contribution in [3.63, 3.8) is 0 Å². The van der Waals surface area contributed by atoms with Gasteiger partial charge in [0.15, 0.2) is 0 Å². The molecule has 0 spiro atoms. The molecule has 0 amide bonds. The molecule has 0 aliphatic carbocycles. The molecular formula is C16H23N3O2. The van der Waals surface area contributed by atoms with Gasteiger partial charge >= 0.3 is 0 Å². The zero-order chi connectivity index (χ0) is 15.1. The second kappa shape index (κ2) is 7.81. The Balaban J connectivity index is 2.27. The van der Waals surface area contributed by atoms with E-state index in [9.17, 15) is 0 Å². The van der Waals surface area contributed by atoms with Gasteiger partial charge in [-0.25, -0.2) is 4.98 Å². The summed E-state index contributed by atoms with van der Waals surface area (Å²) >= 11 is 0. The van der Waals surface area contributed by atoms with Crippen LogP contribution in [-0.4, -0.2) is 36.4 Å². The Morgan fingerprint density at radius 1 is 1.29 bits per heavy atom. The molecule has 1 aromatic carbocycles. The number of ether oxygens (including phenoxy) is 2. The number of aromatic nitrogens is 2.